The fraction of sp³-hybridized carbons (Fsp3) is 0.125. The SMILES string of the molecule is Brc1ccc2oc3c(c2c1)-c1ccccc1CC3. The Balaban J connectivity index is 2.13. The summed E-state index contributed by atoms with van der Waals surface area (Å²) in [6.45, 7) is 0. The molecule has 0 radical (unpaired) electrons. The van der Waals surface area contributed by atoms with Gasteiger partial charge in [-0.05, 0) is 35.7 Å². The zero-order valence-corrected chi connectivity index (χ0v) is 11.3. The van der Waals surface area contributed by atoms with Gasteiger partial charge in [-0.25, -0.2) is 0 Å². The second-order valence-corrected chi connectivity index (χ2v) is 5.61. The van der Waals surface area contributed by atoms with E-state index in [1.807, 2.05) is 12.1 Å². The Labute approximate surface area is 114 Å². The topological polar surface area (TPSA) is 13.1 Å². The van der Waals surface area contributed by atoms with Gasteiger partial charge in [0.2, 0.25) is 0 Å². The number of aryl methyl sites for hydroxylation is 2. The minimum Gasteiger partial charge on any atom is -0.460 e. The van der Waals surface area contributed by atoms with Crippen molar-refractivity contribution in [3.8, 4) is 11.1 Å². The zero-order chi connectivity index (χ0) is 12.1. The highest BCUT2D eigenvalue weighted by Crippen LogP contribution is 2.41. The van der Waals surface area contributed by atoms with Crippen molar-refractivity contribution in [2.75, 3.05) is 0 Å². The average molecular weight is 299 g/mol. The van der Waals surface area contributed by atoms with Crippen molar-refractivity contribution >= 4 is 26.9 Å². The summed E-state index contributed by atoms with van der Waals surface area (Å²) in [5.41, 5.74) is 5.02. The molecule has 1 heterocycles. The molecule has 1 nitrogen and oxygen atoms in total. The first-order valence-electron chi connectivity index (χ1n) is 6.12. The van der Waals surface area contributed by atoms with Crippen molar-refractivity contribution < 1.29 is 4.42 Å². The summed E-state index contributed by atoms with van der Waals surface area (Å²) >= 11 is 3.54. The molecule has 2 aromatic carbocycles. The molecular weight excluding hydrogens is 288 g/mol. The van der Waals surface area contributed by atoms with Gasteiger partial charge in [0, 0.05) is 21.8 Å². The second kappa shape index (κ2) is 3.72. The maximum absolute atomic E-state index is 5.98. The molecule has 0 aliphatic heterocycles. The highest BCUT2D eigenvalue weighted by Gasteiger charge is 2.22. The molecular formula is C16H11BrO. The molecule has 88 valence electrons. The molecule has 0 spiro atoms. The molecule has 0 atom stereocenters. The third kappa shape index (κ3) is 1.39. The number of fused-ring (bicyclic) bond motifs is 5. The Morgan fingerprint density at radius 3 is 2.83 bits per heavy atom. The Hall–Kier alpha value is -1.54. The van der Waals surface area contributed by atoms with Crippen LogP contribution in [0, 0.1) is 0 Å². The van der Waals surface area contributed by atoms with Crippen molar-refractivity contribution in [2.24, 2.45) is 0 Å². The van der Waals surface area contributed by atoms with Crippen molar-refractivity contribution in [3.63, 3.8) is 0 Å². The number of rotatable bonds is 0. The number of benzene rings is 2. The molecule has 1 aromatic heterocycles. The van der Waals surface area contributed by atoms with Crippen molar-refractivity contribution in [1.29, 1.82) is 0 Å². The van der Waals surface area contributed by atoms with E-state index in [1.165, 1.54) is 22.1 Å². The van der Waals surface area contributed by atoms with Gasteiger partial charge in [-0.3, -0.25) is 0 Å². The second-order valence-electron chi connectivity index (χ2n) is 4.70. The Morgan fingerprint density at radius 1 is 1.00 bits per heavy atom. The first kappa shape index (κ1) is 10.4. The lowest BCUT2D eigenvalue weighted by molar-refractivity contribution is 0.546. The maximum atomic E-state index is 5.98. The molecule has 1 aliphatic carbocycles. The summed E-state index contributed by atoms with van der Waals surface area (Å²) in [4.78, 5) is 0. The summed E-state index contributed by atoms with van der Waals surface area (Å²) in [5, 5.41) is 1.21. The van der Waals surface area contributed by atoms with Gasteiger partial charge in [0.15, 0.2) is 0 Å². The number of hydrogen-bond acceptors (Lipinski definition) is 1. The Kier molecular flexibility index (Phi) is 2.15. The summed E-state index contributed by atoms with van der Waals surface area (Å²) < 4.78 is 7.08. The van der Waals surface area contributed by atoms with Crippen LogP contribution in [-0.2, 0) is 12.8 Å². The third-order valence-corrected chi connectivity index (χ3v) is 4.12. The van der Waals surface area contributed by atoms with E-state index in [1.54, 1.807) is 0 Å². The van der Waals surface area contributed by atoms with Crippen LogP contribution in [0.4, 0.5) is 0 Å². The predicted molar refractivity (Wildman–Crippen MR) is 76.8 cm³/mol. The van der Waals surface area contributed by atoms with Crippen molar-refractivity contribution in [3.05, 3.63) is 58.3 Å². The molecule has 0 saturated carbocycles. The minimum absolute atomic E-state index is 0.986. The Bertz CT molecular complexity index is 755. The molecule has 4 rings (SSSR count). The van der Waals surface area contributed by atoms with E-state index in [0.717, 1.165) is 28.7 Å². The standard InChI is InChI=1S/C16H11BrO/c17-11-6-8-14-13(9-11)16-12-4-2-1-3-10(12)5-7-15(16)18-14/h1-4,6,8-9H,5,7H2. The quantitative estimate of drug-likeness (QED) is 0.572. The van der Waals surface area contributed by atoms with E-state index in [-0.39, 0.29) is 0 Å². The van der Waals surface area contributed by atoms with E-state index in [0.29, 0.717) is 0 Å². The van der Waals surface area contributed by atoms with Crippen LogP contribution >= 0.6 is 15.9 Å². The highest BCUT2D eigenvalue weighted by molar-refractivity contribution is 9.10. The molecule has 0 fully saturated rings. The normalized spacial score (nSPS) is 13.4. The molecule has 0 N–H and O–H groups in total. The zero-order valence-electron chi connectivity index (χ0n) is 9.74. The average Bonchev–Trinajstić information content (AvgIpc) is 2.77. The van der Waals surface area contributed by atoms with Gasteiger partial charge < -0.3 is 4.42 Å². The van der Waals surface area contributed by atoms with Gasteiger partial charge in [0.25, 0.3) is 0 Å². The lowest BCUT2D eigenvalue weighted by atomic mass is 9.88. The monoisotopic (exact) mass is 298 g/mol. The van der Waals surface area contributed by atoms with E-state index in [9.17, 15) is 0 Å². The van der Waals surface area contributed by atoms with E-state index >= 15 is 0 Å². The molecule has 18 heavy (non-hydrogen) atoms. The fourth-order valence-corrected chi connectivity index (χ4v) is 3.18. The number of hydrogen-bond donors (Lipinski definition) is 0. The van der Waals surface area contributed by atoms with Gasteiger partial charge in [0.1, 0.15) is 11.3 Å². The molecule has 0 saturated heterocycles. The van der Waals surface area contributed by atoms with Gasteiger partial charge in [-0.2, -0.15) is 0 Å². The summed E-state index contributed by atoms with van der Waals surface area (Å²) in [6.07, 6.45) is 2.07. The van der Waals surface area contributed by atoms with Crippen LogP contribution in [0.3, 0.4) is 0 Å². The lowest BCUT2D eigenvalue weighted by Gasteiger charge is -2.15. The summed E-state index contributed by atoms with van der Waals surface area (Å²) in [7, 11) is 0. The summed E-state index contributed by atoms with van der Waals surface area (Å²) in [5.74, 6) is 1.13. The number of furan rings is 1. The first-order chi connectivity index (χ1) is 8.83. The fourth-order valence-electron chi connectivity index (χ4n) is 2.82. The van der Waals surface area contributed by atoms with Crippen LogP contribution in [0.5, 0.6) is 0 Å². The van der Waals surface area contributed by atoms with Crippen LogP contribution in [0.15, 0.2) is 51.4 Å². The largest absolute Gasteiger partial charge is 0.460 e. The van der Waals surface area contributed by atoms with Gasteiger partial charge >= 0.3 is 0 Å². The Morgan fingerprint density at radius 2 is 1.89 bits per heavy atom. The minimum atomic E-state index is 0.986. The molecule has 3 aromatic rings. The van der Waals surface area contributed by atoms with Crippen LogP contribution in [0.25, 0.3) is 22.1 Å². The molecule has 0 amide bonds. The van der Waals surface area contributed by atoms with Crippen molar-refractivity contribution in [1.82, 2.24) is 0 Å². The van der Waals surface area contributed by atoms with Crippen LogP contribution in [0.1, 0.15) is 11.3 Å². The van der Waals surface area contributed by atoms with Gasteiger partial charge in [-0.1, -0.05) is 40.2 Å². The van der Waals surface area contributed by atoms with E-state index < -0.39 is 0 Å². The van der Waals surface area contributed by atoms with Gasteiger partial charge in [-0.15, -0.1) is 0 Å². The molecule has 2 heteroatoms. The van der Waals surface area contributed by atoms with Gasteiger partial charge in [0.05, 0.1) is 0 Å². The van der Waals surface area contributed by atoms with E-state index in [2.05, 4.69) is 46.3 Å². The maximum Gasteiger partial charge on any atom is 0.135 e. The van der Waals surface area contributed by atoms with E-state index in [4.69, 9.17) is 4.42 Å². The van der Waals surface area contributed by atoms with Crippen LogP contribution < -0.4 is 0 Å². The first-order valence-corrected chi connectivity index (χ1v) is 6.91. The summed E-state index contributed by atoms with van der Waals surface area (Å²) in [6, 6.07) is 14.9. The predicted octanol–water partition coefficient (Wildman–Crippen LogP) is 4.96. The smallest absolute Gasteiger partial charge is 0.135 e. The van der Waals surface area contributed by atoms with Crippen molar-refractivity contribution in [2.45, 2.75) is 12.8 Å². The third-order valence-electron chi connectivity index (χ3n) is 3.63. The molecule has 0 unspecified atom stereocenters. The number of halogens is 1. The highest BCUT2D eigenvalue weighted by atomic mass is 79.9. The lowest BCUT2D eigenvalue weighted by Crippen LogP contribution is -2.00. The molecule has 1 aliphatic rings. The van der Waals surface area contributed by atoms with Crippen LogP contribution in [0.2, 0.25) is 0 Å². The van der Waals surface area contributed by atoms with Crippen LogP contribution in [-0.4, -0.2) is 0 Å². The molecule has 0 bridgehead atoms.